The van der Waals surface area contributed by atoms with E-state index in [0.717, 1.165) is 25.3 Å². The molecule has 22 heavy (non-hydrogen) atoms. The summed E-state index contributed by atoms with van der Waals surface area (Å²) in [5.74, 6) is 0. The van der Waals surface area contributed by atoms with Crippen LogP contribution in [0.25, 0.3) is 5.69 Å². The lowest BCUT2D eigenvalue weighted by molar-refractivity contribution is 0.590. The Hall–Kier alpha value is -1.81. The Morgan fingerprint density at radius 3 is 2.36 bits per heavy atom. The molecule has 0 saturated heterocycles. The summed E-state index contributed by atoms with van der Waals surface area (Å²) in [4.78, 5) is 2.37. The van der Waals surface area contributed by atoms with Gasteiger partial charge in [0.15, 0.2) is 0 Å². The molecule has 0 unspecified atom stereocenters. The van der Waals surface area contributed by atoms with Crippen LogP contribution in [-0.4, -0.2) is 36.5 Å². The van der Waals surface area contributed by atoms with Gasteiger partial charge < -0.3 is 10.2 Å². The van der Waals surface area contributed by atoms with E-state index < -0.39 is 0 Å². The fraction of sp³-hybridized carbons (Fsp3) is 0.500. The van der Waals surface area contributed by atoms with Gasteiger partial charge in [-0.25, -0.2) is 4.68 Å². The van der Waals surface area contributed by atoms with E-state index in [1.54, 1.807) is 0 Å². The monoisotopic (exact) mass is 300 g/mol. The van der Waals surface area contributed by atoms with Gasteiger partial charge in [-0.3, -0.25) is 0 Å². The molecule has 2 aromatic rings. The van der Waals surface area contributed by atoms with E-state index in [9.17, 15) is 0 Å². The van der Waals surface area contributed by atoms with Crippen molar-refractivity contribution in [3.05, 3.63) is 42.2 Å². The normalized spacial score (nSPS) is 11.7. The predicted octanol–water partition coefficient (Wildman–Crippen LogP) is 3.22. The first-order valence-corrected chi connectivity index (χ1v) is 8.01. The van der Waals surface area contributed by atoms with E-state index in [4.69, 9.17) is 0 Å². The maximum atomic E-state index is 4.49. The third kappa shape index (κ3) is 3.89. The Balaban J connectivity index is 2.16. The number of hydrogen-bond donors (Lipinski definition) is 1. The molecule has 0 bridgehead atoms. The lowest BCUT2D eigenvalue weighted by Gasteiger charge is -2.23. The lowest BCUT2D eigenvalue weighted by atomic mass is 9.90. The van der Waals surface area contributed by atoms with Gasteiger partial charge in [-0.2, -0.15) is 5.10 Å². The molecule has 0 fully saturated rings. The number of hydrogen-bond acceptors (Lipinski definition) is 3. The molecule has 4 heteroatoms. The first kappa shape index (κ1) is 16.6. The zero-order chi connectivity index (χ0) is 16.2. The van der Waals surface area contributed by atoms with Crippen molar-refractivity contribution in [2.45, 2.75) is 33.1 Å². The fourth-order valence-corrected chi connectivity index (χ4v) is 2.38. The van der Waals surface area contributed by atoms with Crippen LogP contribution < -0.4 is 10.2 Å². The minimum absolute atomic E-state index is 0.129. The number of benzene rings is 1. The van der Waals surface area contributed by atoms with Crippen molar-refractivity contribution in [1.29, 1.82) is 0 Å². The fourth-order valence-electron chi connectivity index (χ4n) is 2.38. The molecule has 0 aliphatic carbocycles. The van der Waals surface area contributed by atoms with Gasteiger partial charge >= 0.3 is 0 Å². The van der Waals surface area contributed by atoms with E-state index >= 15 is 0 Å². The van der Waals surface area contributed by atoms with Crippen LogP contribution in [0.15, 0.2) is 36.7 Å². The van der Waals surface area contributed by atoms with Crippen LogP contribution in [0.1, 0.15) is 33.3 Å². The summed E-state index contributed by atoms with van der Waals surface area (Å²) in [5, 5.41) is 7.69. The van der Waals surface area contributed by atoms with Gasteiger partial charge in [0.05, 0.1) is 11.9 Å². The van der Waals surface area contributed by atoms with Crippen LogP contribution in [-0.2, 0) is 5.41 Å². The van der Waals surface area contributed by atoms with Crippen molar-refractivity contribution < 1.29 is 0 Å². The van der Waals surface area contributed by atoms with Crippen LogP contribution in [0.3, 0.4) is 0 Å². The van der Waals surface area contributed by atoms with Crippen molar-refractivity contribution in [1.82, 2.24) is 15.1 Å². The van der Waals surface area contributed by atoms with E-state index in [2.05, 4.69) is 73.5 Å². The smallest absolute Gasteiger partial charge is 0.0647 e. The van der Waals surface area contributed by atoms with Gasteiger partial charge in [-0.15, -0.1) is 0 Å². The minimum Gasteiger partial charge on any atom is -0.371 e. The van der Waals surface area contributed by atoms with Crippen molar-refractivity contribution in [3.8, 4) is 5.69 Å². The number of rotatable bonds is 6. The highest BCUT2D eigenvalue weighted by atomic mass is 15.3. The van der Waals surface area contributed by atoms with Gasteiger partial charge in [0, 0.05) is 31.5 Å². The average Bonchev–Trinajstić information content (AvgIpc) is 2.99. The molecule has 0 atom stereocenters. The molecule has 1 aromatic heterocycles. The Morgan fingerprint density at radius 2 is 1.86 bits per heavy atom. The first-order chi connectivity index (χ1) is 10.5. The highest BCUT2D eigenvalue weighted by Gasteiger charge is 2.16. The molecule has 0 aliphatic heterocycles. The number of nitrogens with zero attached hydrogens (tertiary/aromatic N) is 3. The third-order valence-electron chi connectivity index (χ3n) is 3.94. The van der Waals surface area contributed by atoms with Gasteiger partial charge in [0.1, 0.15) is 0 Å². The van der Waals surface area contributed by atoms with Crippen molar-refractivity contribution in [2.24, 2.45) is 0 Å². The molecule has 0 radical (unpaired) electrons. The SMILES string of the molecule is CCN(CCNC)c1ccc(-n2cc(C(C)(C)C)cn2)cc1. The zero-order valence-corrected chi connectivity index (χ0v) is 14.4. The summed E-state index contributed by atoms with van der Waals surface area (Å²) in [6.45, 7) is 11.8. The number of likely N-dealkylation sites (N-methyl/N-ethyl adjacent to an activating group) is 2. The standard InChI is InChI=1S/C18H28N4/c1-6-21(12-11-19-5)16-7-9-17(10-8-16)22-14-15(13-20-22)18(2,3)4/h7-10,13-14,19H,6,11-12H2,1-5H3. The second kappa shape index (κ2) is 6.97. The summed E-state index contributed by atoms with van der Waals surface area (Å²) in [6.07, 6.45) is 4.08. The van der Waals surface area contributed by atoms with E-state index in [0.29, 0.717) is 0 Å². The van der Waals surface area contributed by atoms with Crippen molar-refractivity contribution >= 4 is 5.69 Å². The largest absolute Gasteiger partial charge is 0.371 e. The van der Waals surface area contributed by atoms with Gasteiger partial charge in [0.2, 0.25) is 0 Å². The van der Waals surface area contributed by atoms with Crippen molar-refractivity contribution in [2.75, 3.05) is 31.6 Å². The molecule has 1 aromatic carbocycles. The quantitative estimate of drug-likeness (QED) is 0.889. The van der Waals surface area contributed by atoms with Crippen LogP contribution in [0.2, 0.25) is 0 Å². The number of anilines is 1. The Bertz CT molecular complexity index is 578. The summed E-state index contributed by atoms with van der Waals surface area (Å²) in [7, 11) is 1.99. The first-order valence-electron chi connectivity index (χ1n) is 8.01. The molecule has 0 spiro atoms. The zero-order valence-electron chi connectivity index (χ0n) is 14.4. The highest BCUT2D eigenvalue weighted by molar-refractivity contribution is 5.50. The van der Waals surface area contributed by atoms with Crippen LogP contribution in [0, 0.1) is 0 Å². The number of nitrogens with one attached hydrogen (secondary N) is 1. The van der Waals surface area contributed by atoms with Crippen LogP contribution in [0.5, 0.6) is 0 Å². The Morgan fingerprint density at radius 1 is 1.18 bits per heavy atom. The summed E-state index contributed by atoms with van der Waals surface area (Å²) < 4.78 is 1.95. The topological polar surface area (TPSA) is 33.1 Å². The lowest BCUT2D eigenvalue weighted by Crippen LogP contribution is -2.30. The maximum Gasteiger partial charge on any atom is 0.0647 e. The molecular weight excluding hydrogens is 272 g/mol. The number of aromatic nitrogens is 2. The Labute approximate surface area is 134 Å². The molecule has 2 rings (SSSR count). The maximum absolute atomic E-state index is 4.49. The molecular formula is C18H28N4. The van der Waals surface area contributed by atoms with E-state index in [-0.39, 0.29) is 5.41 Å². The molecule has 120 valence electrons. The Kier molecular flexibility index (Phi) is 5.24. The van der Waals surface area contributed by atoms with E-state index in [1.165, 1.54) is 11.3 Å². The molecule has 4 nitrogen and oxygen atoms in total. The minimum atomic E-state index is 0.129. The molecule has 1 N–H and O–H groups in total. The van der Waals surface area contributed by atoms with Crippen molar-refractivity contribution in [3.63, 3.8) is 0 Å². The van der Waals surface area contributed by atoms with E-state index in [1.807, 2.05) is 17.9 Å². The highest BCUT2D eigenvalue weighted by Crippen LogP contribution is 2.23. The van der Waals surface area contributed by atoms with Gasteiger partial charge in [0.25, 0.3) is 0 Å². The molecule has 1 heterocycles. The second-order valence-electron chi connectivity index (χ2n) is 6.62. The average molecular weight is 300 g/mol. The molecule has 0 aliphatic rings. The predicted molar refractivity (Wildman–Crippen MR) is 94.1 cm³/mol. The third-order valence-corrected chi connectivity index (χ3v) is 3.94. The van der Waals surface area contributed by atoms with Crippen LogP contribution >= 0.6 is 0 Å². The summed E-state index contributed by atoms with van der Waals surface area (Å²) in [6, 6.07) is 8.62. The van der Waals surface area contributed by atoms with Crippen LogP contribution in [0.4, 0.5) is 5.69 Å². The van der Waals surface area contributed by atoms with Gasteiger partial charge in [-0.05, 0) is 49.2 Å². The van der Waals surface area contributed by atoms with Gasteiger partial charge in [-0.1, -0.05) is 20.8 Å². The summed E-state index contributed by atoms with van der Waals surface area (Å²) >= 11 is 0. The second-order valence-corrected chi connectivity index (χ2v) is 6.62. The molecule has 0 saturated carbocycles. The summed E-state index contributed by atoms with van der Waals surface area (Å²) in [5.41, 5.74) is 3.74. The molecule has 0 amide bonds.